The summed E-state index contributed by atoms with van der Waals surface area (Å²) in [6.45, 7) is 1.58. The molecule has 1 fully saturated rings. The second-order valence-corrected chi connectivity index (χ2v) is 3.40. The lowest BCUT2D eigenvalue weighted by Crippen LogP contribution is -2.06. The molecule has 0 bridgehead atoms. The van der Waals surface area contributed by atoms with Crippen LogP contribution in [0.2, 0.25) is 0 Å². The first-order chi connectivity index (χ1) is 6.27. The van der Waals surface area contributed by atoms with Gasteiger partial charge in [-0.1, -0.05) is 30.3 Å². The predicted octanol–water partition coefficient (Wildman–Crippen LogP) is 1.59. The molecule has 0 N–H and O–H groups in total. The molecule has 0 unspecified atom stereocenters. The fraction of sp³-hybridized carbons (Fsp3) is 0.364. The number of hydrogen-bond donors (Lipinski definition) is 0. The molecule has 0 spiro atoms. The molecule has 1 saturated heterocycles. The summed E-state index contributed by atoms with van der Waals surface area (Å²) in [5.41, 5.74) is 1.23. The van der Waals surface area contributed by atoms with E-state index < -0.39 is 0 Å². The third kappa shape index (κ3) is 1.95. The highest BCUT2D eigenvalue weighted by Gasteiger charge is 2.42. The predicted molar refractivity (Wildman–Crippen MR) is 49.5 cm³/mol. The molecule has 2 nitrogen and oxygen atoms in total. The van der Waals surface area contributed by atoms with E-state index in [-0.39, 0.29) is 18.0 Å². The van der Waals surface area contributed by atoms with Crippen LogP contribution in [0.15, 0.2) is 30.3 Å². The van der Waals surface area contributed by atoms with Gasteiger partial charge in [-0.25, -0.2) is 0 Å². The van der Waals surface area contributed by atoms with Crippen LogP contribution in [-0.4, -0.2) is 18.0 Å². The van der Waals surface area contributed by atoms with Crippen LogP contribution in [0.4, 0.5) is 0 Å². The Morgan fingerprint density at radius 3 is 2.62 bits per heavy atom. The van der Waals surface area contributed by atoms with Crippen molar-refractivity contribution in [2.75, 3.05) is 0 Å². The minimum absolute atomic E-state index is 0.125. The second-order valence-electron chi connectivity index (χ2n) is 3.40. The molecule has 0 aliphatic carbocycles. The number of Topliss-reactive ketones (excluding diaryl/α,β-unsaturated/α-hetero) is 1. The van der Waals surface area contributed by atoms with Gasteiger partial charge < -0.3 is 4.74 Å². The van der Waals surface area contributed by atoms with Crippen molar-refractivity contribution in [2.24, 2.45) is 0 Å². The van der Waals surface area contributed by atoms with Crippen LogP contribution in [0.1, 0.15) is 12.5 Å². The molecule has 1 aromatic rings. The van der Waals surface area contributed by atoms with E-state index in [0.29, 0.717) is 0 Å². The van der Waals surface area contributed by atoms with Crippen LogP contribution in [0, 0.1) is 0 Å². The summed E-state index contributed by atoms with van der Waals surface area (Å²) in [4.78, 5) is 10.9. The van der Waals surface area contributed by atoms with Crippen molar-refractivity contribution in [3.63, 3.8) is 0 Å². The summed E-state index contributed by atoms with van der Waals surface area (Å²) in [6.07, 6.45) is 0.838. The zero-order valence-electron chi connectivity index (χ0n) is 7.57. The number of hydrogen-bond acceptors (Lipinski definition) is 2. The summed E-state index contributed by atoms with van der Waals surface area (Å²) >= 11 is 0. The molecule has 0 saturated carbocycles. The maximum Gasteiger partial charge on any atom is 0.161 e. The molecule has 2 atom stereocenters. The van der Waals surface area contributed by atoms with Gasteiger partial charge in [0, 0.05) is 6.42 Å². The average Bonchev–Trinajstić information content (AvgIpc) is 2.86. The monoisotopic (exact) mass is 176 g/mol. The van der Waals surface area contributed by atoms with Crippen molar-refractivity contribution in [3.8, 4) is 0 Å². The van der Waals surface area contributed by atoms with Gasteiger partial charge in [-0.3, -0.25) is 4.79 Å². The van der Waals surface area contributed by atoms with Crippen molar-refractivity contribution in [3.05, 3.63) is 35.9 Å². The van der Waals surface area contributed by atoms with Crippen molar-refractivity contribution < 1.29 is 9.53 Å². The molecule has 1 aliphatic heterocycles. The van der Waals surface area contributed by atoms with Gasteiger partial charge in [-0.2, -0.15) is 0 Å². The Labute approximate surface area is 77.5 Å². The largest absolute Gasteiger partial charge is 0.361 e. The van der Waals surface area contributed by atoms with E-state index in [1.54, 1.807) is 6.92 Å². The first-order valence-corrected chi connectivity index (χ1v) is 4.47. The Hall–Kier alpha value is -1.15. The van der Waals surface area contributed by atoms with Crippen LogP contribution in [-0.2, 0) is 16.0 Å². The number of ketones is 1. The Balaban J connectivity index is 1.92. The third-order valence-electron chi connectivity index (χ3n) is 2.26. The van der Waals surface area contributed by atoms with Gasteiger partial charge in [0.15, 0.2) is 5.78 Å². The summed E-state index contributed by atoms with van der Waals surface area (Å²) in [7, 11) is 0. The summed E-state index contributed by atoms with van der Waals surface area (Å²) in [5.74, 6) is 0.140. The molecule has 1 aliphatic rings. The molecule has 2 heteroatoms. The van der Waals surface area contributed by atoms with Crippen molar-refractivity contribution in [1.29, 1.82) is 0 Å². The number of benzene rings is 1. The number of ether oxygens (including phenoxy) is 1. The van der Waals surface area contributed by atoms with Gasteiger partial charge in [0.2, 0.25) is 0 Å². The van der Waals surface area contributed by atoms with Gasteiger partial charge >= 0.3 is 0 Å². The lowest BCUT2D eigenvalue weighted by molar-refractivity contribution is -0.118. The minimum Gasteiger partial charge on any atom is -0.361 e. The lowest BCUT2D eigenvalue weighted by atomic mass is 10.1. The Bertz CT molecular complexity index is 305. The quantitative estimate of drug-likeness (QED) is 0.654. The van der Waals surface area contributed by atoms with Gasteiger partial charge in [-0.15, -0.1) is 0 Å². The Kier molecular flexibility index (Phi) is 2.15. The lowest BCUT2D eigenvalue weighted by Gasteiger charge is -1.94. The zero-order chi connectivity index (χ0) is 9.26. The van der Waals surface area contributed by atoms with Gasteiger partial charge in [0.05, 0.1) is 6.10 Å². The average molecular weight is 176 g/mol. The SMILES string of the molecule is CC(=O)[C@H]1O[C@@H]1Cc1ccccc1. The van der Waals surface area contributed by atoms with E-state index >= 15 is 0 Å². The molecular formula is C11H12O2. The number of carbonyl (C=O) groups excluding carboxylic acids is 1. The fourth-order valence-corrected chi connectivity index (χ4v) is 1.50. The van der Waals surface area contributed by atoms with E-state index in [1.807, 2.05) is 18.2 Å². The Morgan fingerprint density at radius 1 is 1.38 bits per heavy atom. The summed E-state index contributed by atoms with van der Waals surface area (Å²) in [5, 5.41) is 0. The molecule has 0 aromatic heterocycles. The van der Waals surface area contributed by atoms with Crippen LogP contribution >= 0.6 is 0 Å². The van der Waals surface area contributed by atoms with E-state index in [0.717, 1.165) is 6.42 Å². The molecule has 68 valence electrons. The van der Waals surface area contributed by atoms with Crippen LogP contribution < -0.4 is 0 Å². The van der Waals surface area contributed by atoms with Gasteiger partial charge in [0.1, 0.15) is 6.10 Å². The molecule has 2 rings (SSSR count). The molecule has 13 heavy (non-hydrogen) atoms. The molecular weight excluding hydrogens is 164 g/mol. The number of epoxide rings is 1. The van der Waals surface area contributed by atoms with Gasteiger partial charge in [-0.05, 0) is 12.5 Å². The maximum absolute atomic E-state index is 10.9. The number of carbonyl (C=O) groups is 1. The summed E-state index contributed by atoms with van der Waals surface area (Å²) < 4.78 is 5.23. The highest BCUT2D eigenvalue weighted by atomic mass is 16.6. The molecule has 1 heterocycles. The van der Waals surface area contributed by atoms with E-state index in [1.165, 1.54) is 5.56 Å². The fourth-order valence-electron chi connectivity index (χ4n) is 1.50. The maximum atomic E-state index is 10.9. The normalized spacial score (nSPS) is 25.6. The van der Waals surface area contributed by atoms with Crippen molar-refractivity contribution >= 4 is 5.78 Å². The third-order valence-corrected chi connectivity index (χ3v) is 2.26. The molecule has 0 amide bonds. The Morgan fingerprint density at radius 2 is 2.08 bits per heavy atom. The van der Waals surface area contributed by atoms with Crippen molar-refractivity contribution in [1.82, 2.24) is 0 Å². The van der Waals surface area contributed by atoms with Crippen molar-refractivity contribution in [2.45, 2.75) is 25.6 Å². The first-order valence-electron chi connectivity index (χ1n) is 4.47. The first kappa shape index (κ1) is 8.45. The van der Waals surface area contributed by atoms with Crippen LogP contribution in [0.3, 0.4) is 0 Å². The smallest absolute Gasteiger partial charge is 0.161 e. The highest BCUT2D eigenvalue weighted by Crippen LogP contribution is 2.26. The topological polar surface area (TPSA) is 29.6 Å². The molecule has 0 radical (unpaired) electrons. The van der Waals surface area contributed by atoms with E-state index in [4.69, 9.17) is 4.74 Å². The zero-order valence-corrected chi connectivity index (χ0v) is 7.57. The minimum atomic E-state index is -0.139. The van der Waals surface area contributed by atoms with E-state index in [9.17, 15) is 4.79 Å². The summed E-state index contributed by atoms with van der Waals surface area (Å²) in [6, 6.07) is 10.1. The standard InChI is InChI=1S/C11H12O2/c1-8(12)11-10(13-11)7-9-5-3-2-4-6-9/h2-6,10-11H,7H2,1H3/t10-,11-/m1/s1. The van der Waals surface area contributed by atoms with Crippen LogP contribution in [0.5, 0.6) is 0 Å². The second kappa shape index (κ2) is 3.30. The molecule has 1 aromatic carbocycles. The van der Waals surface area contributed by atoms with E-state index in [2.05, 4.69) is 12.1 Å². The van der Waals surface area contributed by atoms with Gasteiger partial charge in [0.25, 0.3) is 0 Å². The van der Waals surface area contributed by atoms with Crippen LogP contribution in [0.25, 0.3) is 0 Å². The number of rotatable bonds is 3. The highest BCUT2D eigenvalue weighted by molar-refractivity contribution is 5.83.